The van der Waals surface area contributed by atoms with Crippen LogP contribution in [0.2, 0.25) is 0 Å². The van der Waals surface area contributed by atoms with Crippen molar-refractivity contribution in [2.24, 2.45) is 5.73 Å². The molecule has 5 nitrogen and oxygen atoms in total. The molecule has 0 aromatic heterocycles. The standard InChI is InChI=1S/C23H29N3O2/c1-17-7-6-8-18(2)23(17)25-22(28)16-26(15-21(24)27)13-11-20(12-14-26)19-9-4-3-5-10-19/h3-10,20H,11-16H2,1-2H3,(H2-,24,25,27,28)/p+1. The van der Waals surface area contributed by atoms with Gasteiger partial charge in [0, 0.05) is 18.5 Å². The second-order valence-electron chi connectivity index (χ2n) is 8.07. The Morgan fingerprint density at radius 1 is 0.964 bits per heavy atom. The molecule has 0 atom stereocenters. The number of primary amides is 1. The van der Waals surface area contributed by atoms with Crippen LogP contribution in [0.25, 0.3) is 0 Å². The molecule has 0 spiro atoms. The van der Waals surface area contributed by atoms with E-state index in [-0.39, 0.29) is 24.9 Å². The molecule has 1 aliphatic rings. The minimum atomic E-state index is -0.349. The van der Waals surface area contributed by atoms with Gasteiger partial charge in [0.2, 0.25) is 0 Å². The Labute approximate surface area is 167 Å². The fourth-order valence-corrected chi connectivity index (χ4v) is 4.37. The number of amides is 2. The van der Waals surface area contributed by atoms with Crippen LogP contribution >= 0.6 is 0 Å². The molecule has 1 aliphatic heterocycles. The predicted molar refractivity (Wildman–Crippen MR) is 112 cm³/mol. The van der Waals surface area contributed by atoms with Gasteiger partial charge in [0.1, 0.15) is 0 Å². The van der Waals surface area contributed by atoms with Crippen LogP contribution in [0.5, 0.6) is 0 Å². The van der Waals surface area contributed by atoms with Gasteiger partial charge in [-0.1, -0.05) is 48.5 Å². The van der Waals surface area contributed by atoms with Gasteiger partial charge in [0.15, 0.2) is 13.1 Å². The van der Waals surface area contributed by atoms with Crippen molar-refractivity contribution in [2.45, 2.75) is 32.6 Å². The molecule has 0 aliphatic carbocycles. The van der Waals surface area contributed by atoms with E-state index in [0.29, 0.717) is 10.4 Å². The number of likely N-dealkylation sites (tertiary alicyclic amines) is 1. The summed E-state index contributed by atoms with van der Waals surface area (Å²) in [5, 5.41) is 3.06. The molecule has 1 heterocycles. The molecule has 0 unspecified atom stereocenters. The quantitative estimate of drug-likeness (QED) is 0.756. The van der Waals surface area contributed by atoms with Gasteiger partial charge in [-0.15, -0.1) is 0 Å². The molecule has 2 amide bonds. The number of benzene rings is 2. The van der Waals surface area contributed by atoms with Gasteiger partial charge in [-0.25, -0.2) is 0 Å². The maximum atomic E-state index is 12.8. The van der Waals surface area contributed by atoms with Crippen LogP contribution in [0, 0.1) is 13.8 Å². The third-order valence-corrected chi connectivity index (χ3v) is 5.89. The highest BCUT2D eigenvalue weighted by molar-refractivity contribution is 5.93. The Hall–Kier alpha value is -2.66. The van der Waals surface area contributed by atoms with Crippen molar-refractivity contribution in [3.05, 3.63) is 65.2 Å². The molecular formula is C23H30N3O2+. The van der Waals surface area contributed by atoms with E-state index in [9.17, 15) is 9.59 Å². The van der Waals surface area contributed by atoms with Crippen LogP contribution in [-0.4, -0.2) is 42.5 Å². The lowest BCUT2D eigenvalue weighted by Crippen LogP contribution is -2.59. The van der Waals surface area contributed by atoms with Crippen LogP contribution in [0.1, 0.15) is 35.4 Å². The molecule has 0 bridgehead atoms. The monoisotopic (exact) mass is 380 g/mol. The molecule has 3 rings (SSSR count). The summed E-state index contributed by atoms with van der Waals surface area (Å²) in [5.41, 5.74) is 9.82. The zero-order chi connectivity index (χ0) is 20.1. The molecule has 0 saturated carbocycles. The number of nitrogens with zero attached hydrogens (tertiary/aromatic N) is 1. The Kier molecular flexibility index (Phi) is 6.15. The van der Waals surface area contributed by atoms with Crippen molar-refractivity contribution in [3.63, 3.8) is 0 Å². The Balaban J connectivity index is 1.70. The first-order chi connectivity index (χ1) is 13.4. The fraction of sp³-hybridized carbons (Fsp3) is 0.391. The molecule has 2 aromatic rings. The van der Waals surface area contributed by atoms with Crippen molar-refractivity contribution in [2.75, 3.05) is 31.5 Å². The number of hydrogen-bond donors (Lipinski definition) is 2. The highest BCUT2D eigenvalue weighted by atomic mass is 16.2. The SMILES string of the molecule is Cc1cccc(C)c1NC(=O)C[N+]1(CC(N)=O)CCC(c2ccccc2)CC1. The molecule has 148 valence electrons. The van der Waals surface area contributed by atoms with E-state index in [1.165, 1.54) is 5.56 Å². The van der Waals surface area contributed by atoms with E-state index in [4.69, 9.17) is 5.73 Å². The van der Waals surface area contributed by atoms with E-state index in [1.54, 1.807) is 0 Å². The molecule has 1 saturated heterocycles. The number of carbonyl (C=O) groups is 2. The third-order valence-electron chi connectivity index (χ3n) is 5.89. The number of carbonyl (C=O) groups excluding carboxylic acids is 2. The number of nitrogens with two attached hydrogens (primary N) is 1. The van der Waals surface area contributed by atoms with Gasteiger partial charge >= 0.3 is 0 Å². The van der Waals surface area contributed by atoms with Crippen molar-refractivity contribution < 1.29 is 14.1 Å². The third kappa shape index (κ3) is 4.78. The minimum Gasteiger partial charge on any atom is -0.365 e. The zero-order valence-corrected chi connectivity index (χ0v) is 16.8. The molecule has 28 heavy (non-hydrogen) atoms. The number of para-hydroxylation sites is 1. The Bertz CT molecular complexity index is 820. The topological polar surface area (TPSA) is 72.2 Å². The number of rotatable bonds is 6. The Morgan fingerprint density at radius 3 is 2.14 bits per heavy atom. The highest BCUT2D eigenvalue weighted by Gasteiger charge is 2.37. The second kappa shape index (κ2) is 8.57. The molecule has 2 aromatic carbocycles. The minimum absolute atomic E-state index is 0.0585. The van der Waals surface area contributed by atoms with E-state index < -0.39 is 0 Å². The maximum absolute atomic E-state index is 12.8. The highest BCUT2D eigenvalue weighted by Crippen LogP contribution is 2.31. The number of hydrogen-bond acceptors (Lipinski definition) is 2. The summed E-state index contributed by atoms with van der Waals surface area (Å²) in [6.07, 6.45) is 1.90. The number of quaternary nitrogens is 1. The van der Waals surface area contributed by atoms with Gasteiger partial charge in [0.25, 0.3) is 11.8 Å². The molecule has 1 fully saturated rings. The zero-order valence-electron chi connectivity index (χ0n) is 16.8. The predicted octanol–water partition coefficient (Wildman–Crippen LogP) is 3.12. The molecule has 5 heteroatoms. The van der Waals surface area contributed by atoms with Gasteiger partial charge in [-0.05, 0) is 36.5 Å². The molecule has 3 N–H and O–H groups in total. The van der Waals surface area contributed by atoms with Crippen molar-refractivity contribution in [1.29, 1.82) is 0 Å². The maximum Gasteiger partial charge on any atom is 0.279 e. The first-order valence-electron chi connectivity index (χ1n) is 9.93. The van der Waals surface area contributed by atoms with Crippen LogP contribution in [0.4, 0.5) is 5.69 Å². The van der Waals surface area contributed by atoms with E-state index >= 15 is 0 Å². The average molecular weight is 381 g/mol. The van der Waals surface area contributed by atoms with Crippen molar-refractivity contribution in [3.8, 4) is 0 Å². The summed E-state index contributed by atoms with van der Waals surface area (Å²) in [5.74, 6) is 0.0665. The lowest BCUT2D eigenvalue weighted by atomic mass is 9.88. The van der Waals surface area contributed by atoms with Crippen LogP contribution in [0.3, 0.4) is 0 Å². The largest absolute Gasteiger partial charge is 0.365 e. The Morgan fingerprint density at radius 2 is 1.57 bits per heavy atom. The number of piperidine rings is 1. The van der Waals surface area contributed by atoms with E-state index in [0.717, 1.165) is 42.7 Å². The summed E-state index contributed by atoms with van der Waals surface area (Å²) >= 11 is 0. The number of aryl methyl sites for hydroxylation is 2. The van der Waals surface area contributed by atoms with Crippen molar-refractivity contribution in [1.82, 2.24) is 0 Å². The van der Waals surface area contributed by atoms with Crippen molar-refractivity contribution >= 4 is 17.5 Å². The summed E-state index contributed by atoms with van der Waals surface area (Å²) in [6, 6.07) is 16.4. The smallest absolute Gasteiger partial charge is 0.279 e. The lowest BCUT2D eigenvalue weighted by Gasteiger charge is -2.42. The molecular weight excluding hydrogens is 350 g/mol. The number of nitrogens with one attached hydrogen (secondary N) is 1. The van der Waals surface area contributed by atoms with E-state index in [2.05, 4.69) is 29.6 Å². The second-order valence-corrected chi connectivity index (χ2v) is 8.07. The van der Waals surface area contributed by atoms with Crippen LogP contribution < -0.4 is 11.1 Å². The van der Waals surface area contributed by atoms with Gasteiger partial charge < -0.3 is 15.5 Å². The number of anilines is 1. The van der Waals surface area contributed by atoms with Gasteiger partial charge in [-0.2, -0.15) is 0 Å². The summed E-state index contributed by atoms with van der Waals surface area (Å²) in [7, 11) is 0. The summed E-state index contributed by atoms with van der Waals surface area (Å²) in [4.78, 5) is 24.6. The van der Waals surface area contributed by atoms with E-state index in [1.807, 2.05) is 38.1 Å². The van der Waals surface area contributed by atoms with Gasteiger partial charge in [0.05, 0.1) is 13.1 Å². The first-order valence-corrected chi connectivity index (χ1v) is 9.93. The summed E-state index contributed by atoms with van der Waals surface area (Å²) in [6.45, 7) is 6.02. The van der Waals surface area contributed by atoms with Gasteiger partial charge in [-0.3, -0.25) is 9.59 Å². The van der Waals surface area contributed by atoms with Crippen LogP contribution in [-0.2, 0) is 9.59 Å². The summed E-state index contributed by atoms with van der Waals surface area (Å²) < 4.78 is 0.440. The normalized spacial score (nSPS) is 21.9. The lowest BCUT2D eigenvalue weighted by molar-refractivity contribution is -0.918. The molecule has 0 radical (unpaired) electrons. The fourth-order valence-electron chi connectivity index (χ4n) is 4.37. The van der Waals surface area contributed by atoms with Crippen LogP contribution in [0.15, 0.2) is 48.5 Å². The average Bonchev–Trinajstić information content (AvgIpc) is 2.65. The first kappa shape index (κ1) is 20.1.